The van der Waals surface area contributed by atoms with Crippen molar-refractivity contribution < 1.29 is 4.79 Å². The minimum Gasteiger partial charge on any atom is -0.328 e. The van der Waals surface area contributed by atoms with Gasteiger partial charge in [0.2, 0.25) is 0 Å². The van der Waals surface area contributed by atoms with Crippen molar-refractivity contribution in [2.45, 2.75) is 25.3 Å². The molecule has 1 fully saturated rings. The van der Waals surface area contributed by atoms with Crippen molar-refractivity contribution >= 4 is 23.3 Å². The highest BCUT2D eigenvalue weighted by Crippen LogP contribution is 2.45. The number of anilines is 1. The lowest BCUT2D eigenvalue weighted by atomic mass is 10.0. The van der Waals surface area contributed by atoms with Gasteiger partial charge in [0.15, 0.2) is 0 Å². The smallest absolute Gasteiger partial charge is 0.319 e. The van der Waals surface area contributed by atoms with E-state index >= 15 is 0 Å². The second kappa shape index (κ2) is 5.41. The normalized spacial score (nSPS) is 15.3. The van der Waals surface area contributed by atoms with Crippen LogP contribution >= 0.6 is 11.6 Å². The zero-order chi connectivity index (χ0) is 14.9. The molecule has 3 rings (SSSR count). The average Bonchev–Trinajstić information content (AvgIpc) is 3.23. The van der Waals surface area contributed by atoms with Gasteiger partial charge in [-0.1, -0.05) is 53.6 Å². The van der Waals surface area contributed by atoms with Crippen molar-refractivity contribution in [3.05, 3.63) is 64.7 Å². The Morgan fingerprint density at radius 1 is 1.10 bits per heavy atom. The van der Waals surface area contributed by atoms with Crippen LogP contribution in [0, 0.1) is 6.92 Å². The maximum Gasteiger partial charge on any atom is 0.319 e. The summed E-state index contributed by atoms with van der Waals surface area (Å²) in [6, 6.07) is 15.3. The summed E-state index contributed by atoms with van der Waals surface area (Å²) in [6.07, 6.45) is 1.93. The van der Waals surface area contributed by atoms with Crippen LogP contribution in [0.15, 0.2) is 48.5 Å². The van der Waals surface area contributed by atoms with Gasteiger partial charge < -0.3 is 10.6 Å². The quantitative estimate of drug-likeness (QED) is 0.863. The Hall–Kier alpha value is -2.00. The van der Waals surface area contributed by atoms with E-state index in [1.54, 1.807) is 12.1 Å². The molecule has 2 aromatic rings. The van der Waals surface area contributed by atoms with E-state index in [9.17, 15) is 4.79 Å². The Labute approximate surface area is 129 Å². The second-order valence-electron chi connectivity index (χ2n) is 5.51. The minimum atomic E-state index is -0.223. The Morgan fingerprint density at radius 2 is 1.76 bits per heavy atom. The van der Waals surface area contributed by atoms with Crippen LogP contribution in [-0.4, -0.2) is 6.03 Å². The fourth-order valence-corrected chi connectivity index (χ4v) is 2.60. The van der Waals surface area contributed by atoms with Crippen molar-refractivity contribution in [1.82, 2.24) is 5.32 Å². The topological polar surface area (TPSA) is 41.1 Å². The van der Waals surface area contributed by atoms with Gasteiger partial charge >= 0.3 is 6.03 Å². The predicted octanol–water partition coefficient (Wildman–Crippen LogP) is 4.46. The van der Waals surface area contributed by atoms with Crippen molar-refractivity contribution in [2.75, 3.05) is 5.32 Å². The molecule has 1 aliphatic carbocycles. The van der Waals surface area contributed by atoms with Crippen LogP contribution in [-0.2, 0) is 5.54 Å². The first-order valence-electron chi connectivity index (χ1n) is 7.00. The van der Waals surface area contributed by atoms with Crippen molar-refractivity contribution in [2.24, 2.45) is 0 Å². The molecule has 0 aliphatic heterocycles. The third-order valence-corrected chi connectivity index (χ3v) is 4.16. The Kier molecular flexibility index (Phi) is 3.60. The lowest BCUT2D eigenvalue weighted by Crippen LogP contribution is -2.38. The van der Waals surface area contributed by atoms with Crippen LogP contribution in [0.2, 0.25) is 5.02 Å². The monoisotopic (exact) mass is 300 g/mol. The summed E-state index contributed by atoms with van der Waals surface area (Å²) >= 11 is 6.05. The van der Waals surface area contributed by atoms with Crippen LogP contribution in [0.1, 0.15) is 24.0 Å². The highest BCUT2D eigenvalue weighted by atomic mass is 35.5. The van der Waals surface area contributed by atoms with Gasteiger partial charge in [0, 0.05) is 0 Å². The number of carbonyl (C=O) groups is 1. The van der Waals surface area contributed by atoms with Crippen molar-refractivity contribution in [1.29, 1.82) is 0 Å². The molecule has 0 unspecified atom stereocenters. The van der Waals surface area contributed by atoms with Gasteiger partial charge in [-0.3, -0.25) is 0 Å². The van der Waals surface area contributed by atoms with Crippen LogP contribution in [0.25, 0.3) is 0 Å². The molecule has 3 nitrogen and oxygen atoms in total. The molecule has 1 saturated carbocycles. The summed E-state index contributed by atoms with van der Waals surface area (Å²) in [5.41, 5.74) is 2.77. The molecule has 108 valence electrons. The molecule has 0 atom stereocenters. The lowest BCUT2D eigenvalue weighted by molar-refractivity contribution is 0.247. The number of benzene rings is 2. The SMILES string of the molecule is Cc1ccc(C2(NC(=O)Nc3ccccc3Cl)CC2)cc1. The van der Waals surface area contributed by atoms with Gasteiger partial charge in [-0.05, 0) is 37.5 Å². The summed E-state index contributed by atoms with van der Waals surface area (Å²) in [4.78, 5) is 12.2. The number of halogens is 1. The van der Waals surface area contributed by atoms with E-state index in [1.807, 2.05) is 12.1 Å². The summed E-state index contributed by atoms with van der Waals surface area (Å²) in [5, 5.41) is 6.41. The molecule has 2 aromatic carbocycles. The highest BCUT2D eigenvalue weighted by Gasteiger charge is 2.45. The second-order valence-corrected chi connectivity index (χ2v) is 5.91. The van der Waals surface area contributed by atoms with E-state index in [2.05, 4.69) is 41.8 Å². The molecule has 0 saturated heterocycles. The van der Waals surface area contributed by atoms with Crippen LogP contribution in [0.5, 0.6) is 0 Å². The number of amides is 2. The van der Waals surface area contributed by atoms with Crippen LogP contribution in [0.3, 0.4) is 0 Å². The predicted molar refractivity (Wildman–Crippen MR) is 85.7 cm³/mol. The number of para-hydroxylation sites is 1. The number of carbonyl (C=O) groups excluding carboxylic acids is 1. The summed E-state index contributed by atoms with van der Waals surface area (Å²) in [7, 11) is 0. The van der Waals surface area contributed by atoms with E-state index in [1.165, 1.54) is 5.56 Å². The fourth-order valence-electron chi connectivity index (χ4n) is 2.42. The molecule has 0 aromatic heterocycles. The first-order chi connectivity index (χ1) is 10.1. The van der Waals surface area contributed by atoms with Gasteiger partial charge in [0.05, 0.1) is 16.2 Å². The molecule has 0 heterocycles. The zero-order valence-electron chi connectivity index (χ0n) is 11.8. The van der Waals surface area contributed by atoms with E-state index < -0.39 is 0 Å². The molecular weight excluding hydrogens is 284 g/mol. The lowest BCUT2D eigenvalue weighted by Gasteiger charge is -2.19. The van der Waals surface area contributed by atoms with Gasteiger partial charge in [0.1, 0.15) is 0 Å². The number of aryl methyl sites for hydroxylation is 1. The van der Waals surface area contributed by atoms with Crippen LogP contribution < -0.4 is 10.6 Å². The molecule has 0 bridgehead atoms. The van der Waals surface area contributed by atoms with E-state index in [4.69, 9.17) is 11.6 Å². The molecule has 1 aliphatic rings. The Morgan fingerprint density at radius 3 is 2.38 bits per heavy atom. The standard InChI is InChI=1S/C17H17ClN2O/c1-12-6-8-13(9-7-12)17(10-11-17)20-16(21)19-15-5-3-2-4-14(15)18/h2-9H,10-11H2,1H3,(H2,19,20,21). The third kappa shape index (κ3) is 3.03. The Bertz CT molecular complexity index is 663. The number of urea groups is 1. The molecular formula is C17H17ClN2O. The van der Waals surface area contributed by atoms with Crippen LogP contribution in [0.4, 0.5) is 10.5 Å². The van der Waals surface area contributed by atoms with Gasteiger partial charge in [-0.2, -0.15) is 0 Å². The largest absolute Gasteiger partial charge is 0.328 e. The van der Waals surface area contributed by atoms with Gasteiger partial charge in [-0.15, -0.1) is 0 Å². The summed E-state index contributed by atoms with van der Waals surface area (Å²) < 4.78 is 0. The number of rotatable bonds is 3. The van der Waals surface area contributed by atoms with Crippen molar-refractivity contribution in [3.63, 3.8) is 0 Å². The summed E-state index contributed by atoms with van der Waals surface area (Å²) in [5.74, 6) is 0. The Balaban J connectivity index is 1.70. The first kappa shape index (κ1) is 14.0. The summed E-state index contributed by atoms with van der Waals surface area (Å²) in [6.45, 7) is 2.06. The molecule has 2 N–H and O–H groups in total. The average molecular weight is 301 g/mol. The number of hydrogen-bond donors (Lipinski definition) is 2. The number of hydrogen-bond acceptors (Lipinski definition) is 1. The van der Waals surface area contributed by atoms with E-state index in [0.29, 0.717) is 10.7 Å². The molecule has 2 amide bonds. The maximum absolute atomic E-state index is 12.2. The van der Waals surface area contributed by atoms with Crippen molar-refractivity contribution in [3.8, 4) is 0 Å². The molecule has 4 heteroatoms. The van der Waals surface area contributed by atoms with Gasteiger partial charge in [-0.25, -0.2) is 4.79 Å². The molecule has 21 heavy (non-hydrogen) atoms. The highest BCUT2D eigenvalue weighted by molar-refractivity contribution is 6.33. The minimum absolute atomic E-state index is 0.221. The molecule has 0 radical (unpaired) electrons. The third-order valence-electron chi connectivity index (χ3n) is 3.83. The first-order valence-corrected chi connectivity index (χ1v) is 7.38. The fraction of sp³-hybridized carbons (Fsp3) is 0.235. The zero-order valence-corrected chi connectivity index (χ0v) is 12.6. The number of nitrogens with one attached hydrogen (secondary N) is 2. The maximum atomic E-state index is 12.2. The molecule has 0 spiro atoms. The van der Waals surface area contributed by atoms with E-state index in [-0.39, 0.29) is 11.6 Å². The van der Waals surface area contributed by atoms with Gasteiger partial charge in [0.25, 0.3) is 0 Å². The van der Waals surface area contributed by atoms with E-state index in [0.717, 1.165) is 18.4 Å².